The fourth-order valence-corrected chi connectivity index (χ4v) is 8.45. The summed E-state index contributed by atoms with van der Waals surface area (Å²) in [4.78, 5) is 5.51. The van der Waals surface area contributed by atoms with E-state index in [1.54, 1.807) is 0 Å². The van der Waals surface area contributed by atoms with E-state index in [0.29, 0.717) is 11.0 Å². The first-order valence-electron chi connectivity index (χ1n) is 11.2. The van der Waals surface area contributed by atoms with Crippen LogP contribution < -0.4 is 0 Å². The quantitative estimate of drug-likeness (QED) is 0.524. The third-order valence-corrected chi connectivity index (χ3v) is 9.51. The molecule has 6 unspecified atom stereocenters. The predicted octanol–water partition coefficient (Wildman–Crippen LogP) is 5.65. The second-order valence-corrected chi connectivity index (χ2v) is 10.8. The molecule has 2 nitrogen and oxygen atoms in total. The van der Waals surface area contributed by atoms with E-state index in [1.165, 1.54) is 64.5 Å². The van der Waals surface area contributed by atoms with E-state index in [2.05, 4.69) is 23.6 Å². The molecule has 6 atom stereocenters. The lowest BCUT2D eigenvalue weighted by molar-refractivity contribution is -0.148. The molecule has 158 valence electrons. The Morgan fingerprint density at radius 3 is 2.37 bits per heavy atom. The van der Waals surface area contributed by atoms with Crippen LogP contribution in [0.4, 0.5) is 0 Å². The van der Waals surface area contributed by atoms with Crippen LogP contribution >= 0.6 is 35.6 Å². The number of likely N-dealkylation sites (tertiary alicyclic amines) is 2. The molecule has 0 aromatic carbocycles. The van der Waals surface area contributed by atoms with Gasteiger partial charge in [0.15, 0.2) is 0 Å². The Morgan fingerprint density at radius 2 is 1.63 bits per heavy atom. The van der Waals surface area contributed by atoms with Crippen LogP contribution in [0, 0.1) is 23.2 Å². The zero-order valence-electron chi connectivity index (χ0n) is 17.3. The third kappa shape index (κ3) is 3.69. The summed E-state index contributed by atoms with van der Waals surface area (Å²) in [7, 11) is 0. The van der Waals surface area contributed by atoms with E-state index < -0.39 is 0 Å². The van der Waals surface area contributed by atoms with Crippen LogP contribution in [0.25, 0.3) is 0 Å². The molecule has 4 rings (SSSR count). The number of hydrogen-bond donors (Lipinski definition) is 0. The Bertz CT molecular complexity index is 500. The van der Waals surface area contributed by atoms with E-state index >= 15 is 0 Å². The highest BCUT2D eigenvalue weighted by molar-refractivity contribution is 6.18. The second kappa shape index (κ2) is 8.88. The van der Waals surface area contributed by atoms with Crippen LogP contribution in [0.15, 0.2) is 0 Å². The molecule has 0 N–H and O–H groups in total. The standard InChI is InChI=1S/C22H38Cl2N2.ClH/c1-21-9-4-13-25(15-11-23)20(21)7-6-17-18(21)8-10-22(2)19(17)5-3-14-26(22)16-12-24;/h17-20H,3-16H2,1-2H3;1H. The number of fused-ring (bicyclic) bond motifs is 5. The fraction of sp³-hybridized carbons (Fsp3) is 1.00. The highest BCUT2D eigenvalue weighted by atomic mass is 35.5. The van der Waals surface area contributed by atoms with Crippen LogP contribution in [-0.4, -0.2) is 59.3 Å². The molecule has 2 saturated heterocycles. The average molecular weight is 438 g/mol. The molecule has 2 saturated carbocycles. The summed E-state index contributed by atoms with van der Waals surface area (Å²) in [6.45, 7) is 9.93. The largest absolute Gasteiger partial charge is 0.299 e. The molecule has 2 aliphatic heterocycles. The summed E-state index contributed by atoms with van der Waals surface area (Å²) in [5.41, 5.74) is 0.922. The van der Waals surface area contributed by atoms with Gasteiger partial charge in [0.2, 0.25) is 0 Å². The maximum absolute atomic E-state index is 6.17. The van der Waals surface area contributed by atoms with Crippen molar-refractivity contribution < 1.29 is 0 Å². The summed E-state index contributed by atoms with van der Waals surface area (Å²) in [5.74, 6) is 4.31. The van der Waals surface area contributed by atoms with Crippen molar-refractivity contribution in [3.05, 3.63) is 0 Å². The average Bonchev–Trinajstić information content (AvgIpc) is 2.62. The lowest BCUT2D eigenvalue weighted by atomic mass is 9.47. The maximum Gasteiger partial charge on any atom is 0.0351 e. The summed E-state index contributed by atoms with van der Waals surface area (Å²) >= 11 is 12.3. The highest BCUT2D eigenvalue weighted by Gasteiger charge is 2.59. The number of alkyl halides is 2. The van der Waals surface area contributed by atoms with Crippen molar-refractivity contribution in [1.82, 2.24) is 9.80 Å². The van der Waals surface area contributed by atoms with Crippen molar-refractivity contribution in [3.8, 4) is 0 Å². The topological polar surface area (TPSA) is 6.48 Å². The molecule has 5 heteroatoms. The second-order valence-electron chi connectivity index (χ2n) is 10.0. The minimum atomic E-state index is 0. The molecule has 0 spiro atoms. The zero-order valence-corrected chi connectivity index (χ0v) is 19.6. The fourth-order valence-electron chi connectivity index (χ4n) is 8.03. The Labute approximate surface area is 183 Å². The van der Waals surface area contributed by atoms with Crippen LogP contribution in [0.2, 0.25) is 0 Å². The minimum absolute atomic E-state index is 0. The smallest absolute Gasteiger partial charge is 0.0351 e. The van der Waals surface area contributed by atoms with Gasteiger partial charge in [-0.2, -0.15) is 0 Å². The van der Waals surface area contributed by atoms with Gasteiger partial charge in [-0.3, -0.25) is 9.80 Å². The molecule has 0 radical (unpaired) electrons. The molecule has 0 aromatic rings. The SMILES string of the molecule is CC12CCCN(CCCl)C1CCC1C2CCC2(C)C1CCCN2CCCl.Cl. The first-order valence-corrected chi connectivity index (χ1v) is 12.2. The Balaban J connectivity index is 0.00000210. The van der Waals surface area contributed by atoms with E-state index in [9.17, 15) is 0 Å². The van der Waals surface area contributed by atoms with Gasteiger partial charge in [0.05, 0.1) is 0 Å². The molecule has 2 heterocycles. The van der Waals surface area contributed by atoms with Crippen LogP contribution in [-0.2, 0) is 0 Å². The van der Waals surface area contributed by atoms with Gasteiger partial charge in [0, 0.05) is 36.4 Å². The third-order valence-electron chi connectivity index (χ3n) is 9.17. The van der Waals surface area contributed by atoms with Crippen molar-refractivity contribution >= 4 is 35.6 Å². The van der Waals surface area contributed by atoms with Gasteiger partial charge in [-0.1, -0.05) is 6.92 Å². The van der Waals surface area contributed by atoms with Gasteiger partial charge >= 0.3 is 0 Å². The normalized spacial score (nSPS) is 45.3. The monoisotopic (exact) mass is 436 g/mol. The molecule has 4 fully saturated rings. The number of rotatable bonds is 4. The molecule has 2 aliphatic carbocycles. The Kier molecular flexibility index (Phi) is 7.39. The minimum Gasteiger partial charge on any atom is -0.299 e. The summed E-state index contributed by atoms with van der Waals surface area (Å²) < 4.78 is 0. The van der Waals surface area contributed by atoms with Crippen molar-refractivity contribution in [2.45, 2.75) is 76.8 Å². The summed E-state index contributed by atoms with van der Waals surface area (Å²) in [5, 5.41) is 0. The molecule has 0 amide bonds. The number of nitrogens with zero attached hydrogens (tertiary/aromatic N) is 2. The van der Waals surface area contributed by atoms with Crippen LogP contribution in [0.5, 0.6) is 0 Å². The molecule has 0 aromatic heterocycles. The van der Waals surface area contributed by atoms with Gasteiger partial charge in [0.25, 0.3) is 0 Å². The molecular weight excluding hydrogens is 399 g/mol. The molecule has 0 bridgehead atoms. The van der Waals surface area contributed by atoms with Gasteiger partial charge in [0.1, 0.15) is 0 Å². The number of hydrogen-bond acceptors (Lipinski definition) is 2. The lowest BCUT2D eigenvalue weighted by Crippen LogP contribution is -2.66. The first kappa shape index (κ1) is 22.5. The predicted molar refractivity (Wildman–Crippen MR) is 120 cm³/mol. The number of piperidine rings is 2. The van der Waals surface area contributed by atoms with Gasteiger partial charge < -0.3 is 0 Å². The highest BCUT2D eigenvalue weighted by Crippen LogP contribution is 2.61. The maximum atomic E-state index is 6.17. The van der Waals surface area contributed by atoms with Crippen LogP contribution in [0.1, 0.15) is 65.2 Å². The molecule has 27 heavy (non-hydrogen) atoms. The zero-order chi connectivity index (χ0) is 18.4. The van der Waals surface area contributed by atoms with Gasteiger partial charge in [-0.15, -0.1) is 35.6 Å². The Morgan fingerprint density at radius 1 is 0.852 bits per heavy atom. The van der Waals surface area contributed by atoms with E-state index in [0.717, 1.165) is 48.6 Å². The molecular formula is C22H39Cl3N2. The van der Waals surface area contributed by atoms with E-state index in [-0.39, 0.29) is 12.4 Å². The van der Waals surface area contributed by atoms with E-state index in [4.69, 9.17) is 23.2 Å². The summed E-state index contributed by atoms with van der Waals surface area (Å²) in [6, 6.07) is 0.781. The van der Waals surface area contributed by atoms with Crippen molar-refractivity contribution in [1.29, 1.82) is 0 Å². The van der Waals surface area contributed by atoms with Crippen molar-refractivity contribution in [3.63, 3.8) is 0 Å². The van der Waals surface area contributed by atoms with E-state index in [1.807, 2.05) is 0 Å². The van der Waals surface area contributed by atoms with Gasteiger partial charge in [-0.05, 0) is 94.5 Å². The molecule has 4 aliphatic rings. The Hall–Kier alpha value is 0.790. The van der Waals surface area contributed by atoms with Gasteiger partial charge in [-0.25, -0.2) is 0 Å². The summed E-state index contributed by atoms with van der Waals surface area (Å²) in [6.07, 6.45) is 11.3. The van der Waals surface area contributed by atoms with Crippen molar-refractivity contribution in [2.75, 3.05) is 37.9 Å². The first-order chi connectivity index (χ1) is 12.5. The van der Waals surface area contributed by atoms with Crippen molar-refractivity contribution in [2.24, 2.45) is 23.2 Å². The lowest BCUT2D eigenvalue weighted by Gasteiger charge is -2.65. The number of halogens is 3. The van der Waals surface area contributed by atoms with Crippen LogP contribution in [0.3, 0.4) is 0 Å².